The maximum Gasteiger partial charge on any atom is 0.355 e. The quantitative estimate of drug-likeness (QED) is 0.623. The molecule has 2 N–H and O–H groups in total. The number of anilines is 1. The van der Waals surface area contributed by atoms with E-state index in [4.69, 9.17) is 4.74 Å². The van der Waals surface area contributed by atoms with Gasteiger partial charge in [0.1, 0.15) is 11.5 Å². The highest BCUT2D eigenvalue weighted by Gasteiger charge is 2.21. The second-order valence-electron chi connectivity index (χ2n) is 5.65. The van der Waals surface area contributed by atoms with Gasteiger partial charge in [-0.25, -0.2) is 9.48 Å². The Morgan fingerprint density at radius 3 is 2.58 bits per heavy atom. The number of nitrogens with zero attached hydrogens (tertiary/aromatic N) is 2. The first kappa shape index (κ1) is 17.5. The molecule has 0 radical (unpaired) electrons. The van der Waals surface area contributed by atoms with Gasteiger partial charge in [0, 0.05) is 23.9 Å². The summed E-state index contributed by atoms with van der Waals surface area (Å²) in [7, 11) is 0. The molecular formula is C16H20N4O4. The van der Waals surface area contributed by atoms with Crippen LogP contribution in [0.3, 0.4) is 0 Å². The van der Waals surface area contributed by atoms with Crippen molar-refractivity contribution in [2.24, 2.45) is 0 Å². The second-order valence-corrected chi connectivity index (χ2v) is 5.65. The molecular weight excluding hydrogens is 312 g/mol. The average Bonchev–Trinajstić information content (AvgIpc) is 3.15. The van der Waals surface area contributed by atoms with Crippen LogP contribution in [-0.2, 0) is 9.53 Å². The zero-order valence-corrected chi connectivity index (χ0v) is 14.0. The average molecular weight is 332 g/mol. The van der Waals surface area contributed by atoms with Gasteiger partial charge in [-0.05, 0) is 33.8 Å². The van der Waals surface area contributed by atoms with Crippen LogP contribution in [0.4, 0.5) is 5.82 Å². The van der Waals surface area contributed by atoms with Crippen LogP contribution in [0.1, 0.15) is 54.6 Å². The van der Waals surface area contributed by atoms with E-state index in [0.717, 1.165) is 0 Å². The molecule has 0 aromatic carbocycles. The standard InChI is InChI=1S/C16H20N4O4/c1-9(2)20-14(5-6-18-20)19-15(22)11(4)24-16(23)13-7-12(8-17-13)10(3)21/h5-9,11,17H,1-4H3,(H,19,22). The van der Waals surface area contributed by atoms with Gasteiger partial charge in [0.25, 0.3) is 5.91 Å². The third-order valence-electron chi connectivity index (χ3n) is 3.37. The van der Waals surface area contributed by atoms with E-state index in [9.17, 15) is 14.4 Å². The zero-order valence-electron chi connectivity index (χ0n) is 14.0. The molecule has 0 spiro atoms. The number of carbonyl (C=O) groups is 3. The van der Waals surface area contributed by atoms with Crippen LogP contribution in [-0.4, -0.2) is 38.5 Å². The monoisotopic (exact) mass is 332 g/mol. The van der Waals surface area contributed by atoms with Gasteiger partial charge in [-0.3, -0.25) is 9.59 Å². The fourth-order valence-electron chi connectivity index (χ4n) is 2.05. The molecule has 0 bridgehead atoms. The number of Topliss-reactive ketones (excluding diaryl/α,β-unsaturated/α-hetero) is 1. The molecule has 2 rings (SSSR count). The Labute approximate surface area is 139 Å². The summed E-state index contributed by atoms with van der Waals surface area (Å²) in [6.07, 6.45) is 2.00. The molecule has 0 fully saturated rings. The molecule has 0 saturated heterocycles. The number of hydrogen-bond donors (Lipinski definition) is 2. The molecule has 8 heteroatoms. The number of nitrogens with one attached hydrogen (secondary N) is 2. The van der Waals surface area contributed by atoms with E-state index in [-0.39, 0.29) is 17.5 Å². The van der Waals surface area contributed by atoms with Gasteiger partial charge in [-0.2, -0.15) is 5.10 Å². The second kappa shape index (κ2) is 7.12. The Kier molecular flexibility index (Phi) is 5.18. The predicted molar refractivity (Wildman–Crippen MR) is 86.9 cm³/mol. The summed E-state index contributed by atoms with van der Waals surface area (Å²) >= 11 is 0. The number of amides is 1. The highest BCUT2D eigenvalue weighted by molar-refractivity contribution is 5.99. The van der Waals surface area contributed by atoms with Crippen molar-refractivity contribution in [1.82, 2.24) is 14.8 Å². The van der Waals surface area contributed by atoms with Gasteiger partial charge in [-0.1, -0.05) is 0 Å². The van der Waals surface area contributed by atoms with Crippen molar-refractivity contribution in [3.8, 4) is 0 Å². The van der Waals surface area contributed by atoms with Gasteiger partial charge in [0.05, 0.1) is 6.20 Å². The lowest BCUT2D eigenvalue weighted by atomic mass is 10.2. The van der Waals surface area contributed by atoms with E-state index < -0.39 is 18.0 Å². The van der Waals surface area contributed by atoms with Crippen molar-refractivity contribution in [3.05, 3.63) is 35.8 Å². The molecule has 1 unspecified atom stereocenters. The lowest BCUT2D eigenvalue weighted by Crippen LogP contribution is -2.31. The van der Waals surface area contributed by atoms with Crippen LogP contribution in [0.15, 0.2) is 24.5 Å². The van der Waals surface area contributed by atoms with Crippen molar-refractivity contribution in [1.29, 1.82) is 0 Å². The predicted octanol–water partition coefficient (Wildman–Crippen LogP) is 2.18. The topological polar surface area (TPSA) is 106 Å². The van der Waals surface area contributed by atoms with E-state index in [1.807, 2.05) is 13.8 Å². The Morgan fingerprint density at radius 2 is 2.00 bits per heavy atom. The van der Waals surface area contributed by atoms with Crippen LogP contribution < -0.4 is 5.32 Å². The van der Waals surface area contributed by atoms with E-state index in [2.05, 4.69) is 15.4 Å². The Hall–Kier alpha value is -2.90. The number of ether oxygens (including phenoxy) is 1. The molecule has 2 aromatic rings. The number of ketones is 1. The fourth-order valence-corrected chi connectivity index (χ4v) is 2.05. The smallest absolute Gasteiger partial charge is 0.355 e. The van der Waals surface area contributed by atoms with Crippen LogP contribution in [0.5, 0.6) is 0 Å². The van der Waals surface area contributed by atoms with Crippen molar-refractivity contribution >= 4 is 23.5 Å². The summed E-state index contributed by atoms with van der Waals surface area (Å²) in [4.78, 5) is 38.1. The molecule has 2 aromatic heterocycles. The Balaban J connectivity index is 1.99. The first-order valence-electron chi connectivity index (χ1n) is 7.54. The number of aromatic amines is 1. The summed E-state index contributed by atoms with van der Waals surface area (Å²) in [5.74, 6) is -0.818. The SMILES string of the molecule is CC(=O)c1c[nH]c(C(=O)OC(C)C(=O)Nc2ccnn2C(C)C)c1. The number of aromatic nitrogens is 3. The largest absolute Gasteiger partial charge is 0.448 e. The first-order chi connectivity index (χ1) is 11.3. The lowest BCUT2D eigenvalue weighted by Gasteiger charge is -2.15. The highest BCUT2D eigenvalue weighted by atomic mass is 16.5. The lowest BCUT2D eigenvalue weighted by molar-refractivity contribution is -0.123. The van der Waals surface area contributed by atoms with E-state index in [1.54, 1.807) is 16.9 Å². The molecule has 1 atom stereocenters. The minimum Gasteiger partial charge on any atom is -0.448 e. The third kappa shape index (κ3) is 3.89. The number of esters is 1. The molecule has 0 saturated carbocycles. The Morgan fingerprint density at radius 1 is 1.29 bits per heavy atom. The van der Waals surface area contributed by atoms with Crippen molar-refractivity contribution < 1.29 is 19.1 Å². The summed E-state index contributed by atoms with van der Waals surface area (Å²) in [5, 5.41) is 6.79. The van der Waals surface area contributed by atoms with Crippen LogP contribution in [0.2, 0.25) is 0 Å². The normalized spacial score (nSPS) is 12.0. The van der Waals surface area contributed by atoms with Crippen molar-refractivity contribution in [3.63, 3.8) is 0 Å². The number of hydrogen-bond acceptors (Lipinski definition) is 5. The van der Waals surface area contributed by atoms with Crippen LogP contribution in [0, 0.1) is 0 Å². The minimum absolute atomic E-state index is 0.0806. The maximum atomic E-state index is 12.2. The minimum atomic E-state index is -1.00. The summed E-state index contributed by atoms with van der Waals surface area (Å²) < 4.78 is 6.77. The summed E-state index contributed by atoms with van der Waals surface area (Å²) in [6, 6.07) is 3.14. The van der Waals surface area contributed by atoms with Gasteiger partial charge in [-0.15, -0.1) is 0 Å². The summed E-state index contributed by atoms with van der Waals surface area (Å²) in [5.41, 5.74) is 0.493. The molecule has 1 amide bonds. The van der Waals surface area contributed by atoms with Gasteiger partial charge in [0.2, 0.25) is 0 Å². The highest BCUT2D eigenvalue weighted by Crippen LogP contribution is 2.14. The van der Waals surface area contributed by atoms with Crippen molar-refractivity contribution in [2.45, 2.75) is 39.8 Å². The molecule has 0 aliphatic heterocycles. The number of rotatable bonds is 6. The number of carbonyl (C=O) groups excluding carboxylic acids is 3. The first-order valence-corrected chi connectivity index (χ1v) is 7.54. The van der Waals surface area contributed by atoms with Gasteiger partial charge in [0.15, 0.2) is 11.9 Å². The molecule has 24 heavy (non-hydrogen) atoms. The molecule has 128 valence electrons. The molecule has 0 aliphatic carbocycles. The molecule has 2 heterocycles. The summed E-state index contributed by atoms with van der Waals surface area (Å²) in [6.45, 7) is 6.73. The third-order valence-corrected chi connectivity index (χ3v) is 3.37. The molecule has 8 nitrogen and oxygen atoms in total. The zero-order chi connectivity index (χ0) is 17.9. The fraction of sp³-hybridized carbons (Fsp3) is 0.375. The van der Waals surface area contributed by atoms with Crippen LogP contribution >= 0.6 is 0 Å². The van der Waals surface area contributed by atoms with Gasteiger partial charge >= 0.3 is 5.97 Å². The maximum absolute atomic E-state index is 12.2. The van der Waals surface area contributed by atoms with E-state index >= 15 is 0 Å². The number of H-pyrrole nitrogens is 1. The van der Waals surface area contributed by atoms with Crippen molar-refractivity contribution in [2.75, 3.05) is 5.32 Å². The van der Waals surface area contributed by atoms with E-state index in [0.29, 0.717) is 11.4 Å². The molecule has 0 aliphatic rings. The van der Waals surface area contributed by atoms with Crippen LogP contribution in [0.25, 0.3) is 0 Å². The van der Waals surface area contributed by atoms with Gasteiger partial charge < -0.3 is 15.0 Å². The Bertz CT molecular complexity index is 760. The van der Waals surface area contributed by atoms with E-state index in [1.165, 1.54) is 26.1 Å².